The number of aromatic nitrogens is 5. The highest BCUT2D eigenvalue weighted by Gasteiger charge is 2.52. The van der Waals surface area contributed by atoms with E-state index >= 15 is 0 Å². The molecule has 2 aromatic carbocycles. The third kappa shape index (κ3) is 7.80. The maximum atomic E-state index is 13.7. The van der Waals surface area contributed by atoms with Crippen LogP contribution in [0, 0.1) is 23.7 Å². The number of imidazole rings is 2. The minimum absolute atomic E-state index is 0.0814. The summed E-state index contributed by atoms with van der Waals surface area (Å²) in [6.07, 6.45) is 10.3. The van der Waals surface area contributed by atoms with E-state index in [0.29, 0.717) is 37.2 Å². The van der Waals surface area contributed by atoms with Crippen molar-refractivity contribution in [3.8, 4) is 33.6 Å². The number of nitrogens with zero attached hydrogens (tertiary/aromatic N) is 4. The molecule has 57 heavy (non-hydrogen) atoms. The first-order valence-corrected chi connectivity index (χ1v) is 19.9. The van der Waals surface area contributed by atoms with E-state index in [0.717, 1.165) is 64.3 Å². The number of methoxy groups -OCH3 is 2. The molecule has 2 bridgehead atoms. The van der Waals surface area contributed by atoms with E-state index in [4.69, 9.17) is 19.4 Å². The molecular formula is C44H50N8O5. The van der Waals surface area contributed by atoms with Crippen LogP contribution in [0.4, 0.5) is 4.79 Å². The van der Waals surface area contributed by atoms with Crippen molar-refractivity contribution < 1.29 is 23.9 Å². The second-order valence-electron chi connectivity index (χ2n) is 15.9. The molecular weight excluding hydrogens is 721 g/mol. The molecule has 3 fully saturated rings. The fourth-order valence-electron chi connectivity index (χ4n) is 9.21. The van der Waals surface area contributed by atoms with Gasteiger partial charge in [-0.3, -0.25) is 14.6 Å². The number of ether oxygens (including phenoxy) is 2. The first kappa shape index (κ1) is 38.1. The van der Waals surface area contributed by atoms with Crippen LogP contribution in [-0.4, -0.2) is 80.6 Å². The van der Waals surface area contributed by atoms with Gasteiger partial charge in [-0.05, 0) is 70.9 Å². The molecule has 13 heteroatoms. The molecule has 4 N–H and O–H groups in total. The molecule has 7 atom stereocenters. The number of likely N-dealkylation sites (tertiary alicyclic amines) is 1. The van der Waals surface area contributed by atoms with Gasteiger partial charge < -0.3 is 35.0 Å². The maximum Gasteiger partial charge on any atom is 0.407 e. The van der Waals surface area contributed by atoms with Crippen LogP contribution in [0.2, 0.25) is 0 Å². The predicted molar refractivity (Wildman–Crippen MR) is 214 cm³/mol. The number of alkyl carbamates (subject to hydrolysis) is 1. The number of hydrogen-bond acceptors (Lipinski definition) is 8. The molecule has 4 heterocycles. The van der Waals surface area contributed by atoms with E-state index in [1.54, 1.807) is 30.6 Å². The Labute approximate surface area is 332 Å². The number of benzene rings is 2. The molecule has 13 nitrogen and oxygen atoms in total. The summed E-state index contributed by atoms with van der Waals surface area (Å²) in [6.45, 7) is 4.65. The third-order valence-electron chi connectivity index (χ3n) is 12.2. The Bertz CT molecular complexity index is 2180. The Balaban J connectivity index is 0.930. The smallest absolute Gasteiger partial charge is 0.407 e. The molecule has 0 radical (unpaired) electrons. The zero-order valence-electron chi connectivity index (χ0n) is 32.8. The molecule has 1 aliphatic heterocycles. The fraction of sp³-hybridized carbons (Fsp3) is 0.409. The monoisotopic (exact) mass is 770 g/mol. The molecule has 0 spiro atoms. The Morgan fingerprint density at radius 1 is 0.825 bits per heavy atom. The molecule has 3 unspecified atom stereocenters. The maximum absolute atomic E-state index is 13.7. The average Bonchev–Trinajstić information content (AvgIpc) is 4.10. The van der Waals surface area contributed by atoms with Crippen molar-refractivity contribution in [3.63, 3.8) is 0 Å². The van der Waals surface area contributed by atoms with Crippen molar-refractivity contribution in [2.45, 2.75) is 70.2 Å². The van der Waals surface area contributed by atoms with Gasteiger partial charge >= 0.3 is 6.09 Å². The summed E-state index contributed by atoms with van der Waals surface area (Å²) in [5.74, 6) is 2.19. The van der Waals surface area contributed by atoms with Crippen molar-refractivity contribution in [2.24, 2.45) is 23.7 Å². The van der Waals surface area contributed by atoms with Gasteiger partial charge in [0.25, 0.3) is 0 Å². The molecule has 3 aromatic heterocycles. The van der Waals surface area contributed by atoms with Gasteiger partial charge in [-0.25, -0.2) is 14.8 Å². The van der Waals surface area contributed by atoms with E-state index in [-0.39, 0.29) is 41.7 Å². The Morgan fingerprint density at radius 3 is 2.07 bits per heavy atom. The summed E-state index contributed by atoms with van der Waals surface area (Å²) < 4.78 is 10.4. The number of nitrogens with one attached hydrogen (secondary N) is 4. The van der Waals surface area contributed by atoms with Gasteiger partial charge in [0.15, 0.2) is 0 Å². The normalized spacial score (nSPS) is 23.1. The van der Waals surface area contributed by atoms with Crippen molar-refractivity contribution in [1.82, 2.24) is 40.5 Å². The van der Waals surface area contributed by atoms with E-state index in [9.17, 15) is 14.4 Å². The number of H-pyrrole nitrogens is 2. The summed E-state index contributed by atoms with van der Waals surface area (Å²) in [5.41, 5.74) is 6.94. The quantitative estimate of drug-likeness (QED) is 0.110. The lowest BCUT2D eigenvalue weighted by molar-refractivity contribution is -0.136. The molecule has 3 aliphatic rings. The second kappa shape index (κ2) is 16.3. The van der Waals surface area contributed by atoms with Crippen LogP contribution in [-0.2, 0) is 25.6 Å². The predicted octanol–water partition coefficient (Wildman–Crippen LogP) is 6.64. The first-order chi connectivity index (χ1) is 27.7. The van der Waals surface area contributed by atoms with Crippen LogP contribution in [0.15, 0.2) is 85.5 Å². The van der Waals surface area contributed by atoms with Gasteiger partial charge in [0, 0.05) is 44.9 Å². The Kier molecular flexibility index (Phi) is 10.9. The lowest BCUT2D eigenvalue weighted by Gasteiger charge is -2.29. The van der Waals surface area contributed by atoms with Gasteiger partial charge in [-0.1, -0.05) is 68.4 Å². The fourth-order valence-corrected chi connectivity index (χ4v) is 9.21. The number of fused-ring (bicyclic) bond motifs is 2. The molecule has 3 amide bonds. The molecule has 8 rings (SSSR count). The summed E-state index contributed by atoms with van der Waals surface area (Å²) in [6, 6.07) is 19.5. The largest absolute Gasteiger partial charge is 0.453 e. The zero-order chi connectivity index (χ0) is 39.6. The summed E-state index contributed by atoms with van der Waals surface area (Å²) in [5, 5.41) is 5.87. The first-order valence-electron chi connectivity index (χ1n) is 19.9. The highest BCUT2D eigenvalue weighted by atomic mass is 16.5. The van der Waals surface area contributed by atoms with Gasteiger partial charge in [0.1, 0.15) is 17.7 Å². The molecule has 2 saturated carbocycles. The van der Waals surface area contributed by atoms with E-state index in [2.05, 4.69) is 74.1 Å². The molecule has 1 saturated heterocycles. The zero-order valence-corrected chi connectivity index (χ0v) is 32.8. The third-order valence-corrected chi connectivity index (χ3v) is 12.2. The molecule has 296 valence electrons. The van der Waals surface area contributed by atoms with Crippen LogP contribution in [0.3, 0.4) is 0 Å². The van der Waals surface area contributed by atoms with Crippen LogP contribution < -0.4 is 10.6 Å². The van der Waals surface area contributed by atoms with E-state index in [1.807, 2.05) is 32.2 Å². The Morgan fingerprint density at radius 2 is 1.46 bits per heavy atom. The van der Waals surface area contributed by atoms with Gasteiger partial charge in [-0.15, -0.1) is 0 Å². The van der Waals surface area contributed by atoms with Crippen molar-refractivity contribution in [3.05, 3.63) is 103 Å². The van der Waals surface area contributed by atoms with Crippen LogP contribution in [0.5, 0.6) is 0 Å². The lowest BCUT2D eigenvalue weighted by Crippen LogP contribution is -2.51. The van der Waals surface area contributed by atoms with Gasteiger partial charge in [0.2, 0.25) is 11.8 Å². The minimum atomic E-state index is -0.744. The van der Waals surface area contributed by atoms with Crippen molar-refractivity contribution >= 4 is 17.9 Å². The lowest BCUT2D eigenvalue weighted by atomic mass is 9.78. The van der Waals surface area contributed by atoms with Gasteiger partial charge in [-0.2, -0.15) is 0 Å². The second-order valence-corrected chi connectivity index (χ2v) is 15.9. The minimum Gasteiger partial charge on any atom is -0.453 e. The number of aromatic amines is 2. The number of pyridine rings is 1. The molecule has 2 aliphatic carbocycles. The van der Waals surface area contributed by atoms with Crippen molar-refractivity contribution in [2.75, 3.05) is 20.8 Å². The summed E-state index contributed by atoms with van der Waals surface area (Å²) in [4.78, 5) is 61.8. The number of carbonyl (C=O) groups is 3. The van der Waals surface area contributed by atoms with E-state index in [1.165, 1.54) is 7.11 Å². The van der Waals surface area contributed by atoms with Crippen molar-refractivity contribution in [1.29, 1.82) is 0 Å². The number of carbonyl (C=O) groups excluding carboxylic acids is 3. The average molecular weight is 771 g/mol. The number of hydrogen-bond donors (Lipinski definition) is 4. The topological polar surface area (TPSA) is 167 Å². The Hall–Kier alpha value is -5.82. The standard InChI is InChI=1S/C44H50N8O5/c1-25(2)39(51-44(55)57-4)43(54)52-24-33(56-3)19-36(52)40-46-22-34(49-40)29-11-7-27(8-12-29)28-9-13-30(14-10-28)35-23-47-41(50-35)37-31-15-16-32(18-31)38(37)42(53)48-21-26-6-5-17-45-20-26/h5-14,17,20,22-23,25,31-33,36-39H,15-16,18-19,21,24H2,1-4H3,(H,46,49)(H,47,50)(H,48,53)(H,51,55)/t31?,32?,33-,36-,37-,38-,39?/m0/s1. The van der Waals surface area contributed by atoms with Gasteiger partial charge in [0.05, 0.1) is 49.0 Å². The van der Waals surface area contributed by atoms with Crippen LogP contribution >= 0.6 is 0 Å². The van der Waals surface area contributed by atoms with E-state index < -0.39 is 12.1 Å². The van der Waals surface area contributed by atoms with Crippen LogP contribution in [0.1, 0.15) is 68.7 Å². The molecule has 5 aromatic rings. The summed E-state index contributed by atoms with van der Waals surface area (Å²) in [7, 11) is 2.93. The van der Waals surface area contributed by atoms with Crippen LogP contribution in [0.25, 0.3) is 33.6 Å². The highest BCUT2D eigenvalue weighted by molar-refractivity contribution is 5.86. The summed E-state index contributed by atoms with van der Waals surface area (Å²) >= 11 is 0. The SMILES string of the molecule is COC(=O)NC(C(=O)N1C[C@@H](OC)C[C@H]1c1ncc(-c2ccc(-c3ccc(-c4cnc([C@H]5C6CCC(C6)[C@@H]5C(=O)NCc5cccnc5)[nH]4)cc3)cc2)[nH]1)C(C)C. The number of amides is 3. The number of rotatable bonds is 12. The highest BCUT2D eigenvalue weighted by Crippen LogP contribution is 2.56.